The lowest BCUT2D eigenvalue weighted by molar-refractivity contribution is -0.384. The number of hydrogen-bond acceptors (Lipinski definition) is 6. The Morgan fingerprint density at radius 3 is 2.30 bits per heavy atom. The molecule has 0 aromatic heterocycles. The number of rotatable bonds is 6. The van der Waals surface area contributed by atoms with Crippen molar-refractivity contribution in [2.24, 2.45) is 5.92 Å². The Balaban J connectivity index is 1.54. The van der Waals surface area contributed by atoms with Crippen molar-refractivity contribution in [2.45, 2.75) is 50.1 Å². The zero-order valence-corrected chi connectivity index (χ0v) is 17.8. The number of sulfonamides is 1. The van der Waals surface area contributed by atoms with E-state index in [1.54, 1.807) is 9.80 Å². The highest BCUT2D eigenvalue weighted by molar-refractivity contribution is 7.89. The van der Waals surface area contributed by atoms with Crippen LogP contribution in [0.25, 0.3) is 0 Å². The van der Waals surface area contributed by atoms with Gasteiger partial charge in [0, 0.05) is 50.3 Å². The van der Waals surface area contributed by atoms with E-state index in [2.05, 4.69) is 4.72 Å². The summed E-state index contributed by atoms with van der Waals surface area (Å²) in [5.74, 6) is -0.398. The number of likely N-dealkylation sites (tertiary alicyclic amines) is 2. The number of nitro benzene ring substituents is 1. The predicted octanol–water partition coefficient (Wildman–Crippen LogP) is 1.12. The molecule has 0 radical (unpaired) electrons. The molecule has 0 aliphatic carbocycles. The Labute approximate surface area is 175 Å². The number of non-ortho nitro benzene ring substituents is 1. The average Bonchev–Trinajstić information content (AvgIpc) is 3.10. The van der Waals surface area contributed by atoms with Gasteiger partial charge in [0.1, 0.15) is 0 Å². The van der Waals surface area contributed by atoms with Crippen molar-refractivity contribution in [2.75, 3.05) is 19.6 Å². The Morgan fingerprint density at radius 2 is 1.80 bits per heavy atom. The molecule has 2 saturated heterocycles. The van der Waals surface area contributed by atoms with Crippen LogP contribution >= 0.6 is 0 Å². The molecule has 0 bridgehead atoms. The highest BCUT2D eigenvalue weighted by Crippen LogP contribution is 2.24. The van der Waals surface area contributed by atoms with E-state index in [9.17, 15) is 28.1 Å². The minimum atomic E-state index is -3.81. The van der Waals surface area contributed by atoms with Crippen LogP contribution in [-0.2, 0) is 19.6 Å². The number of nitro groups is 1. The van der Waals surface area contributed by atoms with Gasteiger partial charge >= 0.3 is 0 Å². The molecule has 1 aromatic carbocycles. The predicted molar refractivity (Wildman–Crippen MR) is 108 cm³/mol. The van der Waals surface area contributed by atoms with Crippen molar-refractivity contribution in [3.8, 4) is 0 Å². The molecular weight excluding hydrogens is 412 g/mol. The molecule has 0 saturated carbocycles. The van der Waals surface area contributed by atoms with E-state index in [4.69, 9.17) is 0 Å². The molecule has 11 heteroatoms. The highest BCUT2D eigenvalue weighted by atomic mass is 32.2. The summed E-state index contributed by atoms with van der Waals surface area (Å²) < 4.78 is 27.7. The lowest BCUT2D eigenvalue weighted by atomic mass is 10.0. The molecule has 2 heterocycles. The second kappa shape index (κ2) is 8.68. The Morgan fingerprint density at radius 1 is 1.20 bits per heavy atom. The maximum Gasteiger partial charge on any atom is 0.269 e. The first-order valence-electron chi connectivity index (χ1n) is 9.93. The average molecular weight is 439 g/mol. The molecule has 2 aliphatic rings. The minimum Gasteiger partial charge on any atom is -0.342 e. The molecule has 1 atom stereocenters. The van der Waals surface area contributed by atoms with Gasteiger partial charge < -0.3 is 9.80 Å². The standard InChI is InChI=1S/C19H26N4O6S/c1-13(2)22-12-14(11-18(22)24)19(25)21-9-7-15(8-10-21)20-30(28,29)17-5-3-16(4-6-17)23(26)27/h3-6,13-15,20H,7-12H2,1-2H3. The second-order valence-corrected chi connectivity index (χ2v) is 9.73. The van der Waals surface area contributed by atoms with Gasteiger partial charge in [-0.05, 0) is 38.8 Å². The summed E-state index contributed by atoms with van der Waals surface area (Å²) >= 11 is 0. The van der Waals surface area contributed by atoms with Gasteiger partial charge in [-0.2, -0.15) is 0 Å². The summed E-state index contributed by atoms with van der Waals surface area (Å²) in [5, 5.41) is 10.7. The number of piperidine rings is 1. The SMILES string of the molecule is CC(C)N1CC(C(=O)N2CCC(NS(=O)(=O)c3ccc([N+](=O)[O-])cc3)CC2)CC1=O. The van der Waals surface area contributed by atoms with E-state index in [0.717, 1.165) is 12.1 Å². The van der Waals surface area contributed by atoms with Crippen LogP contribution in [0, 0.1) is 16.0 Å². The fourth-order valence-electron chi connectivity index (χ4n) is 3.91. The number of amides is 2. The van der Waals surface area contributed by atoms with E-state index in [-0.39, 0.29) is 46.8 Å². The summed E-state index contributed by atoms with van der Waals surface area (Å²) in [7, 11) is -3.81. The van der Waals surface area contributed by atoms with Gasteiger partial charge in [-0.15, -0.1) is 0 Å². The van der Waals surface area contributed by atoms with Gasteiger partial charge in [0.2, 0.25) is 21.8 Å². The van der Waals surface area contributed by atoms with Crippen molar-refractivity contribution in [1.82, 2.24) is 14.5 Å². The van der Waals surface area contributed by atoms with Gasteiger partial charge in [0.25, 0.3) is 5.69 Å². The van der Waals surface area contributed by atoms with Crippen LogP contribution in [0.3, 0.4) is 0 Å². The summed E-state index contributed by atoms with van der Waals surface area (Å²) in [5.41, 5.74) is -0.179. The van der Waals surface area contributed by atoms with Crippen molar-refractivity contribution in [1.29, 1.82) is 0 Å². The smallest absolute Gasteiger partial charge is 0.269 e. The Bertz CT molecular complexity index is 923. The molecule has 164 valence electrons. The lowest BCUT2D eigenvalue weighted by Crippen LogP contribution is -2.48. The van der Waals surface area contributed by atoms with Crippen molar-refractivity contribution < 1.29 is 22.9 Å². The van der Waals surface area contributed by atoms with Crippen molar-refractivity contribution >= 4 is 27.5 Å². The number of carbonyl (C=O) groups is 2. The maximum atomic E-state index is 12.8. The number of benzene rings is 1. The van der Waals surface area contributed by atoms with Gasteiger partial charge in [-0.3, -0.25) is 19.7 Å². The van der Waals surface area contributed by atoms with Gasteiger partial charge in [0.05, 0.1) is 15.7 Å². The zero-order valence-electron chi connectivity index (χ0n) is 17.0. The molecule has 1 unspecified atom stereocenters. The molecule has 1 N–H and O–H groups in total. The summed E-state index contributed by atoms with van der Waals surface area (Å²) in [6, 6.07) is 4.45. The molecular formula is C19H26N4O6S. The molecule has 3 rings (SSSR count). The topological polar surface area (TPSA) is 130 Å². The highest BCUT2D eigenvalue weighted by Gasteiger charge is 2.38. The summed E-state index contributed by atoms with van der Waals surface area (Å²) in [6.45, 7) is 5.11. The van der Waals surface area contributed by atoms with Crippen molar-refractivity contribution in [3.05, 3.63) is 34.4 Å². The van der Waals surface area contributed by atoms with Crippen molar-refractivity contribution in [3.63, 3.8) is 0 Å². The fourth-order valence-corrected chi connectivity index (χ4v) is 5.21. The number of hydrogen-bond donors (Lipinski definition) is 1. The molecule has 2 aliphatic heterocycles. The van der Waals surface area contributed by atoms with Gasteiger partial charge in [0.15, 0.2) is 0 Å². The summed E-state index contributed by atoms with van der Waals surface area (Å²) in [6.07, 6.45) is 1.16. The summed E-state index contributed by atoms with van der Waals surface area (Å²) in [4.78, 5) is 38.3. The number of nitrogens with zero attached hydrogens (tertiary/aromatic N) is 3. The van der Waals surface area contributed by atoms with E-state index in [1.807, 2.05) is 13.8 Å². The minimum absolute atomic E-state index is 0.00547. The quantitative estimate of drug-likeness (QED) is 0.523. The molecule has 30 heavy (non-hydrogen) atoms. The fraction of sp³-hybridized carbons (Fsp3) is 0.579. The van der Waals surface area contributed by atoms with Crippen LogP contribution in [0.2, 0.25) is 0 Å². The van der Waals surface area contributed by atoms with E-state index < -0.39 is 14.9 Å². The Hall–Kier alpha value is -2.53. The third kappa shape index (κ3) is 4.78. The normalized spacial score (nSPS) is 20.8. The first-order valence-corrected chi connectivity index (χ1v) is 11.4. The lowest BCUT2D eigenvalue weighted by Gasteiger charge is -2.33. The van der Waals surface area contributed by atoms with Crippen LogP contribution in [0.4, 0.5) is 5.69 Å². The third-order valence-electron chi connectivity index (χ3n) is 5.62. The van der Waals surface area contributed by atoms with Crippen LogP contribution < -0.4 is 4.72 Å². The van der Waals surface area contributed by atoms with Crippen LogP contribution in [0.1, 0.15) is 33.1 Å². The largest absolute Gasteiger partial charge is 0.342 e. The monoisotopic (exact) mass is 438 g/mol. The zero-order chi connectivity index (χ0) is 22.1. The van der Waals surface area contributed by atoms with Gasteiger partial charge in [-0.1, -0.05) is 0 Å². The molecule has 0 spiro atoms. The third-order valence-corrected chi connectivity index (χ3v) is 7.15. The van der Waals surface area contributed by atoms with Crippen LogP contribution in [0.5, 0.6) is 0 Å². The number of carbonyl (C=O) groups excluding carboxylic acids is 2. The van der Waals surface area contributed by atoms with Crippen LogP contribution in [0.15, 0.2) is 29.2 Å². The van der Waals surface area contributed by atoms with E-state index in [0.29, 0.717) is 32.5 Å². The first kappa shape index (κ1) is 22.2. The van der Waals surface area contributed by atoms with E-state index >= 15 is 0 Å². The second-order valence-electron chi connectivity index (χ2n) is 8.01. The molecule has 2 fully saturated rings. The molecule has 1 aromatic rings. The first-order chi connectivity index (χ1) is 14.1. The molecule has 2 amide bonds. The van der Waals surface area contributed by atoms with Gasteiger partial charge in [-0.25, -0.2) is 13.1 Å². The van der Waals surface area contributed by atoms with E-state index in [1.165, 1.54) is 12.1 Å². The Kier molecular flexibility index (Phi) is 6.41. The number of nitrogens with one attached hydrogen (secondary N) is 1. The molecule has 10 nitrogen and oxygen atoms in total. The maximum absolute atomic E-state index is 12.8. The van der Waals surface area contributed by atoms with Crippen LogP contribution in [-0.4, -0.2) is 66.7 Å².